The fourth-order valence-electron chi connectivity index (χ4n) is 2.10. The molecule has 1 heterocycles. The van der Waals surface area contributed by atoms with Gasteiger partial charge in [0.25, 0.3) is 5.91 Å². The summed E-state index contributed by atoms with van der Waals surface area (Å²) in [6, 6.07) is 6.73. The number of aromatic nitrogens is 2. The number of carbonyl (C=O) groups is 2. The summed E-state index contributed by atoms with van der Waals surface area (Å²) in [5.41, 5.74) is 0.689. The molecule has 2 rings (SSSR count). The van der Waals surface area contributed by atoms with Gasteiger partial charge in [-0.15, -0.1) is 0 Å². The zero-order valence-corrected chi connectivity index (χ0v) is 16.1. The number of amides is 1. The minimum absolute atomic E-state index is 0.0901. The third-order valence-corrected chi connectivity index (χ3v) is 4.17. The number of anilines is 1. The van der Waals surface area contributed by atoms with Gasteiger partial charge < -0.3 is 10.1 Å². The molecule has 8 heteroatoms. The minimum atomic E-state index is -0.962. The van der Waals surface area contributed by atoms with Crippen molar-refractivity contribution in [1.82, 2.24) is 9.78 Å². The average Bonchev–Trinajstić information content (AvgIpc) is 3.04. The molecule has 1 amide bonds. The zero-order chi connectivity index (χ0) is 19.3. The lowest BCUT2D eigenvalue weighted by molar-refractivity contribution is -0.148. The smallest absolute Gasteiger partial charge is 0.331 e. The van der Waals surface area contributed by atoms with Crippen LogP contribution in [-0.4, -0.2) is 27.8 Å². The van der Waals surface area contributed by atoms with Crippen LogP contribution in [-0.2, 0) is 14.3 Å². The number of esters is 1. The van der Waals surface area contributed by atoms with Gasteiger partial charge >= 0.3 is 5.97 Å². The Morgan fingerprint density at radius 1 is 1.19 bits per heavy atom. The topological polar surface area (TPSA) is 73.2 Å². The lowest BCUT2D eigenvalue weighted by Gasteiger charge is -2.15. The molecule has 0 aliphatic rings. The van der Waals surface area contributed by atoms with Crippen molar-refractivity contribution in [2.45, 2.75) is 32.9 Å². The maximum atomic E-state index is 12.2. The Labute approximate surface area is 161 Å². The van der Waals surface area contributed by atoms with Gasteiger partial charge in [-0.2, -0.15) is 5.10 Å². The van der Waals surface area contributed by atoms with Crippen LogP contribution in [0.3, 0.4) is 0 Å². The van der Waals surface area contributed by atoms with Crippen LogP contribution in [0.15, 0.2) is 36.5 Å². The Hall–Kier alpha value is -2.31. The third-order valence-electron chi connectivity index (χ3n) is 3.43. The van der Waals surface area contributed by atoms with E-state index < -0.39 is 18.0 Å². The lowest BCUT2D eigenvalue weighted by atomic mass is 10.2. The predicted molar refractivity (Wildman–Crippen MR) is 102 cm³/mol. The summed E-state index contributed by atoms with van der Waals surface area (Å²) >= 11 is 11.8. The third kappa shape index (κ3) is 5.34. The maximum absolute atomic E-state index is 12.2. The van der Waals surface area contributed by atoms with E-state index in [0.717, 1.165) is 0 Å². The van der Waals surface area contributed by atoms with Gasteiger partial charge in [-0.05, 0) is 44.5 Å². The molecule has 1 N–H and O–H groups in total. The molecule has 0 aliphatic carbocycles. The molecule has 0 bridgehead atoms. The summed E-state index contributed by atoms with van der Waals surface area (Å²) in [4.78, 5) is 24.1. The molecule has 138 valence electrons. The van der Waals surface area contributed by atoms with Crippen molar-refractivity contribution < 1.29 is 14.3 Å². The molecule has 0 fully saturated rings. The number of nitrogens with zero attached hydrogens (tertiary/aromatic N) is 2. The molecular weight excluding hydrogens is 377 g/mol. The number of halogens is 2. The van der Waals surface area contributed by atoms with E-state index in [1.54, 1.807) is 35.1 Å². The maximum Gasteiger partial charge on any atom is 0.331 e. The Morgan fingerprint density at radius 2 is 1.92 bits per heavy atom. The van der Waals surface area contributed by atoms with E-state index in [1.165, 1.54) is 19.1 Å². The standard InChI is InChI=1S/C18H19Cl2N3O3/c1-11(2)23-16(8-9-21-23)22-18(25)12(3)26-17(24)7-5-13-4-6-14(19)15(20)10-13/h4-12H,1-3H3,(H,22,25)/b7-5+/t12-/m0/s1. The molecule has 0 spiro atoms. The normalized spacial score (nSPS) is 12.4. The lowest BCUT2D eigenvalue weighted by Crippen LogP contribution is -2.30. The van der Waals surface area contributed by atoms with Crippen LogP contribution in [0.5, 0.6) is 0 Å². The van der Waals surface area contributed by atoms with Gasteiger partial charge in [0.15, 0.2) is 6.10 Å². The van der Waals surface area contributed by atoms with Crippen LogP contribution in [0.2, 0.25) is 10.0 Å². The van der Waals surface area contributed by atoms with Crippen LogP contribution < -0.4 is 5.32 Å². The highest BCUT2D eigenvalue weighted by molar-refractivity contribution is 6.42. The monoisotopic (exact) mass is 395 g/mol. The second kappa shape index (κ2) is 8.87. The van der Waals surface area contributed by atoms with Crippen LogP contribution in [0.1, 0.15) is 32.4 Å². The van der Waals surface area contributed by atoms with E-state index in [4.69, 9.17) is 27.9 Å². The molecule has 0 saturated heterocycles. The van der Waals surface area contributed by atoms with Crippen molar-refractivity contribution in [3.05, 3.63) is 52.1 Å². The number of hydrogen-bond acceptors (Lipinski definition) is 4. The fraction of sp³-hybridized carbons (Fsp3) is 0.278. The van der Waals surface area contributed by atoms with E-state index in [0.29, 0.717) is 21.4 Å². The number of hydrogen-bond donors (Lipinski definition) is 1. The van der Waals surface area contributed by atoms with Crippen molar-refractivity contribution in [3.63, 3.8) is 0 Å². The van der Waals surface area contributed by atoms with Crippen LogP contribution in [0.4, 0.5) is 5.82 Å². The highest BCUT2D eigenvalue weighted by Crippen LogP contribution is 2.23. The first-order valence-corrected chi connectivity index (χ1v) is 8.71. The number of carbonyl (C=O) groups excluding carboxylic acids is 2. The second-order valence-corrected chi connectivity index (χ2v) is 6.64. The molecule has 2 aromatic rings. The van der Waals surface area contributed by atoms with Gasteiger partial charge in [0.2, 0.25) is 0 Å². The summed E-state index contributed by atoms with van der Waals surface area (Å²) in [6.45, 7) is 5.39. The van der Waals surface area contributed by atoms with E-state index in [2.05, 4.69) is 10.4 Å². The van der Waals surface area contributed by atoms with Crippen molar-refractivity contribution >= 4 is 47.0 Å². The van der Waals surface area contributed by atoms with Crippen molar-refractivity contribution in [2.24, 2.45) is 0 Å². The summed E-state index contributed by atoms with van der Waals surface area (Å²) in [7, 11) is 0. The zero-order valence-electron chi connectivity index (χ0n) is 14.6. The van der Waals surface area contributed by atoms with Gasteiger partial charge in [0.05, 0.1) is 16.2 Å². The van der Waals surface area contributed by atoms with Crippen molar-refractivity contribution in [1.29, 1.82) is 0 Å². The highest BCUT2D eigenvalue weighted by Gasteiger charge is 2.18. The Kier molecular flexibility index (Phi) is 6.83. The predicted octanol–water partition coefficient (Wildman–Crippen LogP) is 4.35. The second-order valence-electron chi connectivity index (χ2n) is 5.83. The molecule has 6 nitrogen and oxygen atoms in total. The number of nitrogens with one attached hydrogen (secondary N) is 1. The quantitative estimate of drug-likeness (QED) is 0.582. The molecule has 0 radical (unpaired) electrons. The van der Waals surface area contributed by atoms with Crippen LogP contribution in [0, 0.1) is 0 Å². The van der Waals surface area contributed by atoms with Gasteiger partial charge in [-0.1, -0.05) is 29.3 Å². The van der Waals surface area contributed by atoms with E-state index in [-0.39, 0.29) is 6.04 Å². The van der Waals surface area contributed by atoms with Gasteiger partial charge in [-0.3, -0.25) is 4.79 Å². The minimum Gasteiger partial charge on any atom is -0.449 e. The SMILES string of the molecule is CC(C)n1nccc1NC(=O)[C@H](C)OC(=O)/C=C/c1ccc(Cl)c(Cl)c1. The van der Waals surface area contributed by atoms with Gasteiger partial charge in [0, 0.05) is 18.2 Å². The van der Waals surface area contributed by atoms with Crippen LogP contribution >= 0.6 is 23.2 Å². The largest absolute Gasteiger partial charge is 0.449 e. The van der Waals surface area contributed by atoms with Crippen molar-refractivity contribution in [3.8, 4) is 0 Å². The average molecular weight is 396 g/mol. The Balaban J connectivity index is 1.93. The van der Waals surface area contributed by atoms with E-state index in [9.17, 15) is 9.59 Å². The first kappa shape index (κ1) is 20.0. The number of benzene rings is 1. The summed E-state index contributed by atoms with van der Waals surface area (Å²) in [5, 5.41) is 7.63. The molecule has 26 heavy (non-hydrogen) atoms. The first-order valence-electron chi connectivity index (χ1n) is 7.96. The molecule has 0 saturated carbocycles. The van der Waals surface area contributed by atoms with Crippen LogP contribution in [0.25, 0.3) is 6.08 Å². The molecule has 0 aliphatic heterocycles. The Bertz CT molecular complexity index is 831. The summed E-state index contributed by atoms with van der Waals surface area (Å²) in [6.07, 6.45) is 3.38. The molecule has 0 unspecified atom stereocenters. The van der Waals surface area contributed by atoms with Crippen molar-refractivity contribution in [2.75, 3.05) is 5.32 Å². The fourth-order valence-corrected chi connectivity index (χ4v) is 2.41. The number of rotatable bonds is 6. The van der Waals surface area contributed by atoms with E-state index in [1.807, 2.05) is 13.8 Å². The van der Waals surface area contributed by atoms with Gasteiger partial charge in [-0.25, -0.2) is 9.48 Å². The first-order chi connectivity index (χ1) is 12.3. The molecule has 1 atom stereocenters. The van der Waals surface area contributed by atoms with E-state index >= 15 is 0 Å². The summed E-state index contributed by atoms with van der Waals surface area (Å²) < 4.78 is 6.77. The van der Waals surface area contributed by atoms with Gasteiger partial charge in [0.1, 0.15) is 5.82 Å². The molecular formula is C18H19Cl2N3O3. The molecule has 1 aromatic carbocycles. The highest BCUT2D eigenvalue weighted by atomic mass is 35.5. The number of ether oxygens (including phenoxy) is 1. The molecule has 1 aromatic heterocycles. The summed E-state index contributed by atoms with van der Waals surface area (Å²) in [5.74, 6) is -0.543. The Morgan fingerprint density at radius 3 is 2.58 bits per heavy atom.